The van der Waals surface area contributed by atoms with Gasteiger partial charge in [0.15, 0.2) is 18.5 Å². The van der Waals surface area contributed by atoms with Crippen LogP contribution in [0.5, 0.6) is 0 Å². The van der Waals surface area contributed by atoms with E-state index < -0.39 is 61.3 Å². The Morgan fingerprint density at radius 1 is 0.525 bits per heavy atom. The molecule has 0 aliphatic carbocycles. The van der Waals surface area contributed by atoms with Gasteiger partial charge in [-0.15, -0.1) is 0 Å². The zero-order chi connectivity index (χ0) is 44.6. The van der Waals surface area contributed by atoms with Gasteiger partial charge in [0.2, 0.25) is 0 Å². The number of carbonyl (C=O) groups is 3. The minimum Gasteiger partial charge on any atom is -0.479 e. The molecule has 1 aliphatic rings. The number of rotatable bonds is 38. The van der Waals surface area contributed by atoms with Crippen molar-refractivity contribution in [1.82, 2.24) is 0 Å². The quantitative estimate of drug-likeness (QED) is 0.0265. The Morgan fingerprint density at radius 3 is 1.52 bits per heavy atom. The molecule has 1 rings (SSSR count). The largest absolute Gasteiger partial charge is 0.479 e. The second-order valence-corrected chi connectivity index (χ2v) is 15.9. The Morgan fingerprint density at radius 2 is 0.984 bits per heavy atom. The molecule has 1 fully saturated rings. The lowest BCUT2D eigenvalue weighted by Crippen LogP contribution is -2.60. The number of allylic oxidation sites excluding steroid dienone is 12. The molecule has 0 aromatic heterocycles. The lowest BCUT2D eigenvalue weighted by atomic mass is 9.99. The number of hydrogen-bond acceptors (Lipinski definition) is 10. The summed E-state index contributed by atoms with van der Waals surface area (Å²) in [4.78, 5) is 36.9. The van der Waals surface area contributed by atoms with Crippen LogP contribution in [0, 0.1) is 0 Å². The predicted molar refractivity (Wildman–Crippen MR) is 243 cm³/mol. The van der Waals surface area contributed by atoms with Gasteiger partial charge in [-0.3, -0.25) is 9.59 Å². The average molecular weight is 859 g/mol. The molecule has 11 heteroatoms. The number of carboxylic acids is 1. The molecular weight excluding hydrogens is 777 g/mol. The van der Waals surface area contributed by atoms with Crippen LogP contribution in [0.2, 0.25) is 0 Å². The Labute approximate surface area is 368 Å². The maximum Gasteiger partial charge on any atom is 0.335 e. The van der Waals surface area contributed by atoms with Crippen LogP contribution in [0.25, 0.3) is 0 Å². The number of carboxylic acid groups (broad SMARTS) is 1. The van der Waals surface area contributed by atoms with Crippen LogP contribution < -0.4 is 0 Å². The van der Waals surface area contributed by atoms with Gasteiger partial charge in [0.05, 0.1) is 6.61 Å². The van der Waals surface area contributed by atoms with Gasteiger partial charge in [-0.05, 0) is 77.0 Å². The number of aliphatic hydroxyl groups is 3. The Bertz CT molecular complexity index is 1290. The summed E-state index contributed by atoms with van der Waals surface area (Å²) in [6.45, 7) is 3.64. The van der Waals surface area contributed by atoms with Crippen molar-refractivity contribution in [3.05, 3.63) is 72.9 Å². The first-order valence-electron chi connectivity index (χ1n) is 23.5. The number of aliphatic hydroxyl groups excluding tert-OH is 3. The fourth-order valence-electron chi connectivity index (χ4n) is 6.61. The molecule has 0 saturated carbocycles. The van der Waals surface area contributed by atoms with Crippen molar-refractivity contribution in [1.29, 1.82) is 0 Å². The van der Waals surface area contributed by atoms with Crippen LogP contribution in [-0.4, -0.2) is 88.4 Å². The van der Waals surface area contributed by atoms with Crippen LogP contribution >= 0.6 is 0 Å². The first-order valence-corrected chi connectivity index (χ1v) is 23.5. The van der Waals surface area contributed by atoms with Crippen molar-refractivity contribution in [3.63, 3.8) is 0 Å². The molecule has 1 saturated heterocycles. The van der Waals surface area contributed by atoms with Crippen LogP contribution in [-0.2, 0) is 33.3 Å². The first-order chi connectivity index (χ1) is 29.7. The van der Waals surface area contributed by atoms with E-state index in [4.69, 9.17) is 18.9 Å². The van der Waals surface area contributed by atoms with E-state index in [1.165, 1.54) is 64.2 Å². The summed E-state index contributed by atoms with van der Waals surface area (Å²) in [5.41, 5.74) is 0. The highest BCUT2D eigenvalue weighted by atomic mass is 16.7. The molecule has 0 amide bonds. The standard InChI is InChI=1S/C50H82O11/c1-3-5-7-9-11-13-15-17-19-21-23-25-27-29-31-33-35-37-39-44(52)60-42(41-59-50-47(55)45(53)46(54)48(61-50)49(56)57)40-58-43(51)38-36-34-32-30-28-26-24-22-20-18-16-14-12-10-8-6-4-2/h6,8,12,14,18-21,24,26,30,32,42,45-48,50,53-55H,3-5,7,9-11,13,15-17,22-23,25,27-29,31,33-41H2,1-2H3,(H,56,57)/b8-6-,14-12-,20-18-,21-19-,26-24-,32-30-. The molecule has 61 heavy (non-hydrogen) atoms. The van der Waals surface area contributed by atoms with Crippen LogP contribution in [0.1, 0.15) is 174 Å². The van der Waals surface area contributed by atoms with E-state index in [9.17, 15) is 34.8 Å². The lowest BCUT2D eigenvalue weighted by Gasteiger charge is -2.38. The predicted octanol–water partition coefficient (Wildman–Crippen LogP) is 10.5. The minimum atomic E-state index is -1.87. The maximum atomic E-state index is 12.8. The molecule has 0 aromatic carbocycles. The van der Waals surface area contributed by atoms with Gasteiger partial charge in [0, 0.05) is 12.8 Å². The molecule has 1 heterocycles. The molecule has 0 aromatic rings. The van der Waals surface area contributed by atoms with E-state index in [-0.39, 0.29) is 19.4 Å². The molecule has 1 aliphatic heterocycles. The lowest BCUT2D eigenvalue weighted by molar-refractivity contribution is -0.298. The topological polar surface area (TPSA) is 169 Å². The number of aliphatic carboxylic acids is 1. The van der Waals surface area contributed by atoms with Crippen molar-refractivity contribution in [2.24, 2.45) is 0 Å². The third-order valence-electron chi connectivity index (χ3n) is 10.3. The monoisotopic (exact) mass is 859 g/mol. The Balaban J connectivity index is 2.40. The molecule has 348 valence electrons. The average Bonchev–Trinajstić information content (AvgIpc) is 3.24. The SMILES string of the molecule is CC/C=C\C/C=C\C/C=C\C/C=C\C/C=C\CCCC(=O)OCC(COC1OC(C(=O)O)C(O)C(O)C1O)OC(=O)CCCCCCCCC/C=C\CCCCCCCCC. The van der Waals surface area contributed by atoms with E-state index in [2.05, 4.69) is 80.7 Å². The third-order valence-corrected chi connectivity index (χ3v) is 10.3. The van der Waals surface area contributed by atoms with Crippen LogP contribution in [0.3, 0.4) is 0 Å². The number of ether oxygens (including phenoxy) is 4. The molecule has 0 bridgehead atoms. The molecule has 4 N–H and O–H groups in total. The smallest absolute Gasteiger partial charge is 0.335 e. The highest BCUT2D eigenvalue weighted by Gasteiger charge is 2.47. The van der Waals surface area contributed by atoms with E-state index in [0.29, 0.717) is 19.3 Å². The fraction of sp³-hybridized carbons (Fsp3) is 0.700. The maximum absolute atomic E-state index is 12.8. The van der Waals surface area contributed by atoms with Crippen LogP contribution in [0.15, 0.2) is 72.9 Å². The van der Waals surface area contributed by atoms with E-state index in [0.717, 1.165) is 64.2 Å². The Kier molecular flexibility index (Phi) is 36.0. The van der Waals surface area contributed by atoms with Crippen molar-refractivity contribution < 1.29 is 53.8 Å². The first kappa shape index (κ1) is 55.7. The van der Waals surface area contributed by atoms with Gasteiger partial charge >= 0.3 is 17.9 Å². The Hall–Kier alpha value is -3.35. The van der Waals surface area contributed by atoms with Gasteiger partial charge in [-0.2, -0.15) is 0 Å². The van der Waals surface area contributed by atoms with E-state index in [1.54, 1.807) is 0 Å². The number of esters is 2. The summed E-state index contributed by atoms with van der Waals surface area (Å²) < 4.78 is 21.7. The van der Waals surface area contributed by atoms with Gasteiger partial charge in [-0.25, -0.2) is 4.79 Å². The van der Waals surface area contributed by atoms with Gasteiger partial charge in [0.1, 0.15) is 24.9 Å². The molecule has 0 spiro atoms. The highest BCUT2D eigenvalue weighted by Crippen LogP contribution is 2.23. The zero-order valence-corrected chi connectivity index (χ0v) is 37.6. The summed E-state index contributed by atoms with van der Waals surface area (Å²) in [5, 5.41) is 39.8. The second-order valence-electron chi connectivity index (χ2n) is 15.9. The number of carbonyl (C=O) groups excluding carboxylic acids is 2. The summed E-state index contributed by atoms with van der Waals surface area (Å²) in [6, 6.07) is 0. The van der Waals surface area contributed by atoms with Gasteiger partial charge < -0.3 is 39.4 Å². The highest BCUT2D eigenvalue weighted by molar-refractivity contribution is 5.73. The number of hydrogen-bond donors (Lipinski definition) is 4. The molecule has 11 nitrogen and oxygen atoms in total. The molecule has 6 unspecified atom stereocenters. The van der Waals surface area contributed by atoms with E-state index >= 15 is 0 Å². The summed E-state index contributed by atoms with van der Waals surface area (Å²) in [5.74, 6) is -2.53. The second kappa shape index (κ2) is 39.5. The zero-order valence-electron chi connectivity index (χ0n) is 37.6. The summed E-state index contributed by atoms with van der Waals surface area (Å²) in [7, 11) is 0. The van der Waals surface area contributed by atoms with Crippen molar-refractivity contribution in [2.75, 3.05) is 13.2 Å². The number of unbranched alkanes of at least 4 members (excludes halogenated alkanes) is 15. The van der Waals surface area contributed by atoms with Crippen molar-refractivity contribution >= 4 is 17.9 Å². The molecular formula is C50H82O11. The molecule has 0 radical (unpaired) electrons. The summed E-state index contributed by atoms with van der Waals surface area (Å²) in [6.07, 6.45) is 41.0. The minimum absolute atomic E-state index is 0.153. The van der Waals surface area contributed by atoms with Crippen LogP contribution in [0.4, 0.5) is 0 Å². The third kappa shape index (κ3) is 31.2. The normalized spacial score (nSPS) is 20.3. The molecule has 6 atom stereocenters. The van der Waals surface area contributed by atoms with Gasteiger partial charge in [-0.1, -0.05) is 157 Å². The van der Waals surface area contributed by atoms with Crippen molar-refractivity contribution in [3.8, 4) is 0 Å². The van der Waals surface area contributed by atoms with E-state index in [1.807, 2.05) is 6.08 Å². The van der Waals surface area contributed by atoms with Gasteiger partial charge in [0.25, 0.3) is 0 Å². The summed E-state index contributed by atoms with van der Waals surface area (Å²) >= 11 is 0. The fourth-order valence-corrected chi connectivity index (χ4v) is 6.61. The van der Waals surface area contributed by atoms with Crippen molar-refractivity contribution in [2.45, 2.75) is 211 Å².